The summed E-state index contributed by atoms with van der Waals surface area (Å²) >= 11 is 1.21. The van der Waals surface area contributed by atoms with E-state index in [9.17, 15) is 4.79 Å². The number of amides is 1. The molecular weight excluding hydrogens is 216 g/mol. The molecule has 2 rings (SSSR count). The first kappa shape index (κ1) is 9.66. The summed E-state index contributed by atoms with van der Waals surface area (Å²) in [6.07, 6.45) is 0. The fourth-order valence-electron chi connectivity index (χ4n) is 0.990. The van der Waals surface area contributed by atoms with E-state index in [1.165, 1.54) is 11.3 Å². The molecule has 0 saturated heterocycles. The molecule has 7 heteroatoms. The molecule has 0 fully saturated rings. The number of nitrogens with two attached hydrogens (primary N) is 1. The van der Waals surface area contributed by atoms with Crippen LogP contribution in [0.5, 0.6) is 0 Å². The molecule has 15 heavy (non-hydrogen) atoms. The molecule has 0 unspecified atom stereocenters. The Hall–Kier alpha value is -1.89. The Morgan fingerprint density at radius 2 is 2.47 bits per heavy atom. The number of nitrogens with zero attached hydrogens (tertiary/aromatic N) is 2. The number of carbonyl (C=O) groups is 1. The summed E-state index contributed by atoms with van der Waals surface area (Å²) < 4.78 is 4.83. The zero-order chi connectivity index (χ0) is 10.8. The van der Waals surface area contributed by atoms with Gasteiger partial charge in [-0.05, 0) is 6.92 Å². The van der Waals surface area contributed by atoms with Crippen LogP contribution in [-0.2, 0) is 0 Å². The number of aryl methyl sites for hydroxylation is 1. The number of nitrogen functional groups attached to an aromatic ring is 1. The van der Waals surface area contributed by atoms with Crippen LogP contribution in [0.15, 0.2) is 16.0 Å². The standard InChI is InChI=1S/C8H8N4O2S/c1-4-2-6(14-12-4)11-7(13)5-3-15-8(9)10-5/h2-3H,1H3,(H2,9,10)(H,11,13). The number of rotatable bonds is 2. The van der Waals surface area contributed by atoms with Crippen molar-refractivity contribution in [2.24, 2.45) is 0 Å². The molecule has 0 aliphatic rings. The Morgan fingerprint density at radius 1 is 1.67 bits per heavy atom. The van der Waals surface area contributed by atoms with Crippen molar-refractivity contribution in [3.63, 3.8) is 0 Å². The number of anilines is 2. The van der Waals surface area contributed by atoms with Gasteiger partial charge in [0.15, 0.2) is 5.13 Å². The zero-order valence-electron chi connectivity index (χ0n) is 7.85. The third-order valence-corrected chi connectivity index (χ3v) is 2.29. The van der Waals surface area contributed by atoms with Gasteiger partial charge >= 0.3 is 0 Å². The van der Waals surface area contributed by atoms with Crippen LogP contribution >= 0.6 is 11.3 Å². The van der Waals surface area contributed by atoms with Crippen molar-refractivity contribution in [3.05, 3.63) is 22.8 Å². The topological polar surface area (TPSA) is 94.0 Å². The highest BCUT2D eigenvalue weighted by molar-refractivity contribution is 7.13. The maximum Gasteiger partial charge on any atom is 0.277 e. The average molecular weight is 224 g/mol. The predicted molar refractivity (Wildman–Crippen MR) is 55.7 cm³/mol. The van der Waals surface area contributed by atoms with Gasteiger partial charge in [-0.15, -0.1) is 11.3 Å². The summed E-state index contributed by atoms with van der Waals surface area (Å²) in [4.78, 5) is 15.4. The number of hydrogen-bond donors (Lipinski definition) is 2. The number of hydrogen-bond acceptors (Lipinski definition) is 6. The van der Waals surface area contributed by atoms with Crippen LogP contribution in [-0.4, -0.2) is 16.0 Å². The Labute approximate surface area is 89.1 Å². The molecule has 0 atom stereocenters. The Bertz CT molecular complexity index is 490. The lowest BCUT2D eigenvalue weighted by atomic mass is 10.4. The van der Waals surface area contributed by atoms with Gasteiger partial charge in [0.05, 0.1) is 5.69 Å². The van der Waals surface area contributed by atoms with E-state index in [4.69, 9.17) is 10.3 Å². The van der Waals surface area contributed by atoms with Gasteiger partial charge < -0.3 is 10.3 Å². The number of carbonyl (C=O) groups excluding carboxylic acids is 1. The second-order valence-electron chi connectivity index (χ2n) is 2.86. The summed E-state index contributed by atoms with van der Waals surface area (Å²) in [6.45, 7) is 1.76. The van der Waals surface area contributed by atoms with Crippen LogP contribution in [0, 0.1) is 6.92 Å². The molecular formula is C8H8N4O2S. The Kier molecular flexibility index (Phi) is 2.38. The molecule has 2 heterocycles. The molecule has 0 radical (unpaired) electrons. The van der Waals surface area contributed by atoms with Gasteiger partial charge in [-0.25, -0.2) is 4.98 Å². The largest absolute Gasteiger partial charge is 0.375 e. The highest BCUT2D eigenvalue weighted by Gasteiger charge is 2.11. The number of nitrogens with one attached hydrogen (secondary N) is 1. The third-order valence-electron chi connectivity index (χ3n) is 1.62. The van der Waals surface area contributed by atoms with Crippen molar-refractivity contribution < 1.29 is 9.32 Å². The molecule has 0 aliphatic carbocycles. The summed E-state index contributed by atoms with van der Waals surface area (Å²) in [7, 11) is 0. The zero-order valence-corrected chi connectivity index (χ0v) is 8.67. The molecule has 78 valence electrons. The first-order valence-electron chi connectivity index (χ1n) is 4.11. The van der Waals surface area contributed by atoms with E-state index in [1.807, 2.05) is 0 Å². The number of aromatic nitrogens is 2. The molecule has 1 amide bonds. The minimum absolute atomic E-state index is 0.270. The molecule has 0 saturated carbocycles. The van der Waals surface area contributed by atoms with Crippen molar-refractivity contribution in [1.82, 2.24) is 10.1 Å². The van der Waals surface area contributed by atoms with E-state index in [0.29, 0.717) is 16.7 Å². The van der Waals surface area contributed by atoms with Crippen molar-refractivity contribution in [2.75, 3.05) is 11.1 Å². The average Bonchev–Trinajstić information content (AvgIpc) is 2.75. The summed E-state index contributed by atoms with van der Waals surface area (Å²) in [5, 5.41) is 8.08. The molecule has 6 nitrogen and oxygen atoms in total. The fourth-order valence-corrected chi connectivity index (χ4v) is 1.53. The molecule has 0 spiro atoms. The van der Waals surface area contributed by atoms with Crippen molar-refractivity contribution in [1.29, 1.82) is 0 Å². The van der Waals surface area contributed by atoms with Crippen molar-refractivity contribution in [2.45, 2.75) is 6.92 Å². The second kappa shape index (κ2) is 3.70. The van der Waals surface area contributed by atoms with E-state index in [-0.39, 0.29) is 11.6 Å². The van der Waals surface area contributed by atoms with Crippen LogP contribution < -0.4 is 11.1 Å². The Morgan fingerprint density at radius 3 is 3.00 bits per heavy atom. The van der Waals surface area contributed by atoms with Crippen molar-refractivity contribution in [3.8, 4) is 0 Å². The van der Waals surface area contributed by atoms with E-state index in [0.717, 1.165) is 0 Å². The summed E-state index contributed by atoms with van der Waals surface area (Å²) in [5.41, 5.74) is 6.37. The predicted octanol–water partition coefficient (Wildman–Crippen LogP) is 1.27. The van der Waals surface area contributed by atoms with Crippen LogP contribution in [0.25, 0.3) is 0 Å². The molecule has 0 bridgehead atoms. The lowest BCUT2D eigenvalue weighted by Gasteiger charge is -1.95. The molecule has 0 aliphatic heterocycles. The first-order valence-corrected chi connectivity index (χ1v) is 4.99. The lowest BCUT2D eigenvalue weighted by molar-refractivity contribution is 0.102. The maximum atomic E-state index is 11.5. The van der Waals surface area contributed by atoms with E-state index < -0.39 is 0 Å². The summed E-state index contributed by atoms with van der Waals surface area (Å²) in [6, 6.07) is 1.62. The number of thiazole rings is 1. The molecule has 2 aromatic rings. The fraction of sp³-hybridized carbons (Fsp3) is 0.125. The van der Waals surface area contributed by atoms with Crippen LogP contribution in [0.2, 0.25) is 0 Å². The minimum Gasteiger partial charge on any atom is -0.375 e. The van der Waals surface area contributed by atoms with E-state index in [2.05, 4.69) is 15.5 Å². The molecule has 0 aromatic carbocycles. The smallest absolute Gasteiger partial charge is 0.277 e. The SMILES string of the molecule is Cc1cc(NC(=O)c2csc(N)n2)on1. The van der Waals surface area contributed by atoms with Crippen LogP contribution in [0.1, 0.15) is 16.2 Å². The van der Waals surface area contributed by atoms with Gasteiger partial charge in [0.1, 0.15) is 5.69 Å². The highest BCUT2D eigenvalue weighted by Crippen LogP contribution is 2.14. The normalized spacial score (nSPS) is 10.2. The maximum absolute atomic E-state index is 11.5. The van der Waals surface area contributed by atoms with Gasteiger partial charge in [0, 0.05) is 11.4 Å². The minimum atomic E-state index is -0.362. The molecule has 2 aromatic heterocycles. The van der Waals surface area contributed by atoms with Gasteiger partial charge in [-0.2, -0.15) is 0 Å². The lowest BCUT2D eigenvalue weighted by Crippen LogP contribution is -2.11. The van der Waals surface area contributed by atoms with E-state index in [1.54, 1.807) is 18.4 Å². The molecule has 3 N–H and O–H groups in total. The van der Waals surface area contributed by atoms with Crippen molar-refractivity contribution >= 4 is 28.3 Å². The quantitative estimate of drug-likeness (QED) is 0.801. The van der Waals surface area contributed by atoms with Crippen LogP contribution in [0.3, 0.4) is 0 Å². The third kappa shape index (κ3) is 2.13. The van der Waals surface area contributed by atoms with Gasteiger partial charge in [0.25, 0.3) is 5.91 Å². The van der Waals surface area contributed by atoms with Gasteiger partial charge in [-0.3, -0.25) is 10.1 Å². The Balaban J connectivity index is 2.10. The van der Waals surface area contributed by atoms with Crippen LogP contribution in [0.4, 0.5) is 11.0 Å². The summed E-state index contributed by atoms with van der Waals surface area (Å²) in [5.74, 6) is -0.0665. The van der Waals surface area contributed by atoms with Gasteiger partial charge in [0.2, 0.25) is 5.88 Å². The second-order valence-corrected chi connectivity index (χ2v) is 3.75. The first-order chi connectivity index (χ1) is 7.15. The monoisotopic (exact) mass is 224 g/mol. The van der Waals surface area contributed by atoms with E-state index >= 15 is 0 Å². The highest BCUT2D eigenvalue weighted by atomic mass is 32.1. The van der Waals surface area contributed by atoms with Gasteiger partial charge in [-0.1, -0.05) is 5.16 Å².